The maximum absolute atomic E-state index is 9.11. The van der Waals surface area contributed by atoms with Crippen molar-refractivity contribution in [1.29, 1.82) is 0 Å². The van der Waals surface area contributed by atoms with E-state index in [0.717, 1.165) is 6.42 Å². The van der Waals surface area contributed by atoms with Gasteiger partial charge < -0.3 is 9.84 Å². The van der Waals surface area contributed by atoms with E-state index < -0.39 is 0 Å². The summed E-state index contributed by atoms with van der Waals surface area (Å²) in [5, 5.41) is 9.11. The van der Waals surface area contributed by atoms with Gasteiger partial charge in [0.15, 0.2) is 0 Å². The van der Waals surface area contributed by atoms with Crippen LogP contribution >= 0.6 is 0 Å². The van der Waals surface area contributed by atoms with Crippen LogP contribution in [-0.2, 0) is 4.74 Å². The van der Waals surface area contributed by atoms with Gasteiger partial charge in [-0.05, 0) is 26.2 Å². The SMILES string of the molecule is COC(C)CC(C)C(C)O. The number of ether oxygens (including phenoxy) is 1. The molecule has 0 saturated heterocycles. The standard InChI is InChI=1S/C8H18O2/c1-6(8(3)9)5-7(2)10-4/h6-9H,5H2,1-4H3. The van der Waals surface area contributed by atoms with Crippen LogP contribution < -0.4 is 0 Å². The van der Waals surface area contributed by atoms with Crippen molar-refractivity contribution >= 4 is 0 Å². The van der Waals surface area contributed by atoms with E-state index in [-0.39, 0.29) is 12.2 Å². The quantitative estimate of drug-likeness (QED) is 0.650. The lowest BCUT2D eigenvalue weighted by Gasteiger charge is -2.17. The summed E-state index contributed by atoms with van der Waals surface area (Å²) in [5.41, 5.74) is 0. The van der Waals surface area contributed by atoms with Crippen LogP contribution in [0.15, 0.2) is 0 Å². The molecule has 2 nitrogen and oxygen atoms in total. The fraction of sp³-hybridized carbons (Fsp3) is 1.00. The van der Waals surface area contributed by atoms with Crippen molar-refractivity contribution in [3.63, 3.8) is 0 Å². The molecule has 0 rings (SSSR count). The van der Waals surface area contributed by atoms with Gasteiger partial charge in [0.25, 0.3) is 0 Å². The molecule has 62 valence electrons. The van der Waals surface area contributed by atoms with Crippen molar-refractivity contribution in [2.24, 2.45) is 5.92 Å². The van der Waals surface area contributed by atoms with Crippen LogP contribution in [0, 0.1) is 5.92 Å². The monoisotopic (exact) mass is 146 g/mol. The number of aliphatic hydroxyl groups is 1. The van der Waals surface area contributed by atoms with Crippen molar-refractivity contribution < 1.29 is 9.84 Å². The van der Waals surface area contributed by atoms with Crippen LogP contribution in [0.3, 0.4) is 0 Å². The molecule has 0 aliphatic heterocycles. The number of aliphatic hydroxyl groups excluding tert-OH is 1. The van der Waals surface area contributed by atoms with Crippen LogP contribution in [0.5, 0.6) is 0 Å². The Bertz CT molecular complexity index is 81.3. The molecule has 0 aromatic carbocycles. The van der Waals surface area contributed by atoms with Crippen LogP contribution in [0.1, 0.15) is 27.2 Å². The van der Waals surface area contributed by atoms with Gasteiger partial charge in [-0.3, -0.25) is 0 Å². The molecule has 0 aliphatic rings. The maximum atomic E-state index is 9.11. The van der Waals surface area contributed by atoms with E-state index in [4.69, 9.17) is 9.84 Å². The maximum Gasteiger partial charge on any atom is 0.0546 e. The molecule has 0 bridgehead atoms. The molecule has 0 aromatic heterocycles. The zero-order chi connectivity index (χ0) is 8.15. The first-order valence-corrected chi connectivity index (χ1v) is 3.78. The zero-order valence-electron chi connectivity index (χ0n) is 7.29. The molecule has 3 unspecified atom stereocenters. The molecule has 0 fully saturated rings. The molecule has 2 heteroatoms. The fourth-order valence-electron chi connectivity index (χ4n) is 0.817. The Labute approximate surface area is 63.2 Å². The lowest BCUT2D eigenvalue weighted by Crippen LogP contribution is -2.19. The third kappa shape index (κ3) is 3.85. The Balaban J connectivity index is 3.46. The number of hydrogen-bond acceptors (Lipinski definition) is 2. The summed E-state index contributed by atoms with van der Waals surface area (Å²) in [7, 11) is 1.69. The molecule has 0 amide bonds. The van der Waals surface area contributed by atoms with Crippen molar-refractivity contribution in [2.75, 3.05) is 7.11 Å². The van der Waals surface area contributed by atoms with Gasteiger partial charge >= 0.3 is 0 Å². The van der Waals surface area contributed by atoms with Gasteiger partial charge in [0.05, 0.1) is 12.2 Å². The van der Waals surface area contributed by atoms with E-state index >= 15 is 0 Å². The molecule has 0 spiro atoms. The normalized spacial score (nSPS) is 20.1. The summed E-state index contributed by atoms with van der Waals surface area (Å²) in [6, 6.07) is 0. The Hall–Kier alpha value is -0.0800. The molecule has 0 aliphatic carbocycles. The molecule has 0 aromatic rings. The van der Waals surface area contributed by atoms with Gasteiger partial charge in [0, 0.05) is 7.11 Å². The summed E-state index contributed by atoms with van der Waals surface area (Å²) >= 11 is 0. The van der Waals surface area contributed by atoms with E-state index in [9.17, 15) is 0 Å². The second kappa shape index (κ2) is 4.69. The molecule has 1 N–H and O–H groups in total. The van der Waals surface area contributed by atoms with Crippen molar-refractivity contribution in [3.05, 3.63) is 0 Å². The molecule has 10 heavy (non-hydrogen) atoms. The average molecular weight is 146 g/mol. The Kier molecular flexibility index (Phi) is 4.65. The minimum absolute atomic E-state index is 0.224. The second-order valence-corrected chi connectivity index (χ2v) is 3.00. The van der Waals surface area contributed by atoms with Crippen molar-refractivity contribution in [2.45, 2.75) is 39.4 Å². The van der Waals surface area contributed by atoms with Crippen LogP contribution in [0.4, 0.5) is 0 Å². The molecular formula is C8H18O2. The van der Waals surface area contributed by atoms with E-state index in [1.165, 1.54) is 0 Å². The van der Waals surface area contributed by atoms with Gasteiger partial charge in [0.1, 0.15) is 0 Å². The first-order valence-electron chi connectivity index (χ1n) is 3.78. The topological polar surface area (TPSA) is 29.5 Å². The highest BCUT2D eigenvalue weighted by Gasteiger charge is 2.11. The number of rotatable bonds is 4. The highest BCUT2D eigenvalue weighted by Crippen LogP contribution is 2.11. The van der Waals surface area contributed by atoms with Crippen molar-refractivity contribution in [1.82, 2.24) is 0 Å². The summed E-state index contributed by atoms with van der Waals surface area (Å²) in [6.07, 6.45) is 0.955. The minimum Gasteiger partial charge on any atom is -0.393 e. The summed E-state index contributed by atoms with van der Waals surface area (Å²) in [6.45, 7) is 5.85. The first-order chi connectivity index (χ1) is 4.57. The Morgan fingerprint density at radius 1 is 1.30 bits per heavy atom. The van der Waals surface area contributed by atoms with Crippen LogP contribution in [-0.4, -0.2) is 24.4 Å². The molecular weight excluding hydrogens is 128 g/mol. The lowest BCUT2D eigenvalue weighted by molar-refractivity contribution is 0.0594. The van der Waals surface area contributed by atoms with Gasteiger partial charge in [-0.15, -0.1) is 0 Å². The first kappa shape index (κ1) is 9.92. The third-order valence-electron chi connectivity index (χ3n) is 1.93. The molecule has 0 heterocycles. The van der Waals surface area contributed by atoms with Gasteiger partial charge in [-0.2, -0.15) is 0 Å². The zero-order valence-corrected chi connectivity index (χ0v) is 7.29. The highest BCUT2D eigenvalue weighted by molar-refractivity contribution is 4.62. The van der Waals surface area contributed by atoms with Gasteiger partial charge in [-0.25, -0.2) is 0 Å². The predicted molar refractivity (Wildman–Crippen MR) is 41.9 cm³/mol. The molecule has 0 saturated carbocycles. The number of methoxy groups -OCH3 is 1. The molecule has 0 radical (unpaired) electrons. The second-order valence-electron chi connectivity index (χ2n) is 3.00. The van der Waals surface area contributed by atoms with Crippen LogP contribution in [0.2, 0.25) is 0 Å². The molecule has 3 atom stereocenters. The van der Waals surface area contributed by atoms with E-state index in [1.54, 1.807) is 7.11 Å². The van der Waals surface area contributed by atoms with Gasteiger partial charge in [-0.1, -0.05) is 6.92 Å². The smallest absolute Gasteiger partial charge is 0.0546 e. The fourth-order valence-corrected chi connectivity index (χ4v) is 0.817. The average Bonchev–Trinajstić information content (AvgIpc) is 1.87. The Morgan fingerprint density at radius 3 is 2.10 bits per heavy atom. The highest BCUT2D eigenvalue weighted by atomic mass is 16.5. The van der Waals surface area contributed by atoms with E-state index in [2.05, 4.69) is 0 Å². The predicted octanol–water partition coefficient (Wildman–Crippen LogP) is 1.43. The minimum atomic E-state index is -0.224. The van der Waals surface area contributed by atoms with E-state index in [1.807, 2.05) is 20.8 Å². The lowest BCUT2D eigenvalue weighted by atomic mass is 9.99. The summed E-state index contributed by atoms with van der Waals surface area (Å²) in [5.74, 6) is 0.329. The van der Waals surface area contributed by atoms with E-state index in [0.29, 0.717) is 5.92 Å². The summed E-state index contributed by atoms with van der Waals surface area (Å²) < 4.78 is 5.06. The Morgan fingerprint density at radius 2 is 1.80 bits per heavy atom. The van der Waals surface area contributed by atoms with Crippen LogP contribution in [0.25, 0.3) is 0 Å². The largest absolute Gasteiger partial charge is 0.393 e. The number of hydrogen-bond donors (Lipinski definition) is 1. The summed E-state index contributed by atoms with van der Waals surface area (Å²) in [4.78, 5) is 0. The third-order valence-corrected chi connectivity index (χ3v) is 1.93. The van der Waals surface area contributed by atoms with Gasteiger partial charge in [0.2, 0.25) is 0 Å². The van der Waals surface area contributed by atoms with Crippen molar-refractivity contribution in [3.8, 4) is 0 Å².